The predicted molar refractivity (Wildman–Crippen MR) is 112 cm³/mol. The van der Waals surface area contributed by atoms with Gasteiger partial charge >= 0.3 is 0 Å². The van der Waals surface area contributed by atoms with Gasteiger partial charge in [-0.2, -0.15) is 9.40 Å². The highest BCUT2D eigenvalue weighted by molar-refractivity contribution is 14.1. The van der Waals surface area contributed by atoms with Gasteiger partial charge in [0.25, 0.3) is 0 Å². The highest BCUT2D eigenvalue weighted by Gasteiger charge is 2.33. The van der Waals surface area contributed by atoms with Crippen molar-refractivity contribution in [1.82, 2.24) is 24.5 Å². The zero-order valence-electron chi connectivity index (χ0n) is 14.7. The van der Waals surface area contributed by atoms with Crippen molar-refractivity contribution in [3.63, 3.8) is 0 Å². The smallest absolute Gasteiger partial charge is 0.226 e. The minimum atomic E-state index is -3.24. The summed E-state index contributed by atoms with van der Waals surface area (Å²) in [4.78, 5) is 11.3. The third-order valence-corrected chi connectivity index (χ3v) is 6.75. The average molecular weight is 498 g/mol. The van der Waals surface area contributed by atoms with E-state index in [2.05, 4.69) is 59.8 Å². The van der Waals surface area contributed by atoms with E-state index in [9.17, 15) is 8.42 Å². The van der Waals surface area contributed by atoms with Crippen LogP contribution in [-0.2, 0) is 16.4 Å². The summed E-state index contributed by atoms with van der Waals surface area (Å²) >= 11 is 2.14. The molecule has 0 unspecified atom stereocenters. The Kier molecular flexibility index (Phi) is 5.03. The van der Waals surface area contributed by atoms with Gasteiger partial charge in [0.15, 0.2) is 0 Å². The van der Waals surface area contributed by atoms with Gasteiger partial charge in [0.2, 0.25) is 16.0 Å². The number of fused-ring (bicyclic) bond motifs is 1. The van der Waals surface area contributed by atoms with E-state index in [4.69, 9.17) is 0 Å². The molecule has 1 aliphatic rings. The minimum absolute atomic E-state index is 0.0436. The molecule has 1 aromatic carbocycles. The molecule has 0 bridgehead atoms. The molecule has 1 saturated heterocycles. The normalized spacial score (nSPS) is 18.9. The lowest BCUT2D eigenvalue weighted by Crippen LogP contribution is -2.56. The van der Waals surface area contributed by atoms with Gasteiger partial charge < -0.3 is 4.90 Å². The third kappa shape index (κ3) is 3.92. The van der Waals surface area contributed by atoms with Crippen LogP contribution >= 0.6 is 22.6 Å². The van der Waals surface area contributed by atoms with E-state index in [1.165, 1.54) is 10.6 Å². The molecule has 142 valence electrons. The van der Waals surface area contributed by atoms with Gasteiger partial charge in [-0.25, -0.2) is 18.4 Å². The molecule has 10 heteroatoms. The fourth-order valence-electron chi connectivity index (χ4n) is 3.36. The summed E-state index contributed by atoms with van der Waals surface area (Å²) < 4.78 is 26.5. The highest BCUT2D eigenvalue weighted by Crippen LogP contribution is 2.24. The van der Waals surface area contributed by atoms with Crippen molar-refractivity contribution in [2.75, 3.05) is 30.8 Å². The first-order chi connectivity index (χ1) is 12.9. The molecular formula is C17H19IN6O2S. The van der Waals surface area contributed by atoms with Crippen LogP contribution in [0.15, 0.2) is 36.5 Å². The third-order valence-electron chi connectivity index (χ3n) is 4.73. The largest absolute Gasteiger partial charge is 0.335 e. The standard InChI is InChI=1S/C17H19IN6O2S/c1-27(25,26)23-7-8-24(13(11-23)9-12-5-3-2-4-6-12)17-19-10-14-15(20-17)16(18)22-21-14/h2-6,10,13H,7-9,11H2,1H3,(H,21,22)/t13-/m1/s1. The summed E-state index contributed by atoms with van der Waals surface area (Å²) in [6, 6.07) is 10.0. The van der Waals surface area contributed by atoms with Crippen LogP contribution < -0.4 is 4.90 Å². The van der Waals surface area contributed by atoms with Crippen molar-refractivity contribution in [3.05, 3.63) is 45.8 Å². The van der Waals surface area contributed by atoms with Gasteiger partial charge in [-0.3, -0.25) is 5.10 Å². The second-order valence-corrected chi connectivity index (χ2v) is 9.61. The lowest BCUT2D eigenvalue weighted by Gasteiger charge is -2.40. The molecule has 0 saturated carbocycles. The van der Waals surface area contributed by atoms with Crippen LogP contribution in [0.3, 0.4) is 0 Å². The van der Waals surface area contributed by atoms with Gasteiger partial charge in [-0.15, -0.1) is 0 Å². The maximum absolute atomic E-state index is 12.1. The van der Waals surface area contributed by atoms with Crippen LogP contribution in [0.5, 0.6) is 0 Å². The van der Waals surface area contributed by atoms with E-state index in [1.807, 2.05) is 18.2 Å². The lowest BCUT2D eigenvalue weighted by atomic mass is 10.0. The fraction of sp³-hybridized carbons (Fsp3) is 0.353. The monoisotopic (exact) mass is 498 g/mol. The molecule has 4 rings (SSSR count). The number of rotatable bonds is 4. The van der Waals surface area contributed by atoms with Crippen LogP contribution in [0.25, 0.3) is 11.0 Å². The topological polar surface area (TPSA) is 95.1 Å². The van der Waals surface area contributed by atoms with Crippen LogP contribution in [-0.4, -0.2) is 64.8 Å². The Bertz CT molecular complexity index is 1060. The van der Waals surface area contributed by atoms with E-state index in [-0.39, 0.29) is 6.04 Å². The fourth-order valence-corrected chi connectivity index (χ4v) is 4.75. The number of nitrogens with zero attached hydrogens (tertiary/aromatic N) is 5. The Morgan fingerprint density at radius 1 is 1.26 bits per heavy atom. The maximum Gasteiger partial charge on any atom is 0.226 e. The highest BCUT2D eigenvalue weighted by atomic mass is 127. The lowest BCUT2D eigenvalue weighted by molar-refractivity contribution is 0.330. The molecule has 1 atom stereocenters. The number of hydrogen-bond acceptors (Lipinski definition) is 6. The van der Waals surface area contributed by atoms with Crippen molar-refractivity contribution in [2.45, 2.75) is 12.5 Å². The number of piperazine rings is 1. The van der Waals surface area contributed by atoms with Crippen LogP contribution in [0.2, 0.25) is 0 Å². The molecular weight excluding hydrogens is 479 g/mol. The Balaban J connectivity index is 1.68. The molecule has 1 N–H and O–H groups in total. The molecule has 0 amide bonds. The van der Waals surface area contributed by atoms with Gasteiger partial charge in [0.05, 0.1) is 12.5 Å². The zero-order valence-corrected chi connectivity index (χ0v) is 17.7. The zero-order chi connectivity index (χ0) is 19.0. The number of H-pyrrole nitrogens is 1. The van der Waals surface area contributed by atoms with Crippen molar-refractivity contribution >= 4 is 49.6 Å². The summed E-state index contributed by atoms with van der Waals surface area (Å²) in [7, 11) is -3.24. The minimum Gasteiger partial charge on any atom is -0.335 e. The summed E-state index contributed by atoms with van der Waals surface area (Å²) in [6.45, 7) is 1.39. The molecule has 8 nitrogen and oxygen atoms in total. The summed E-state index contributed by atoms with van der Waals surface area (Å²) in [5.74, 6) is 0.607. The van der Waals surface area contributed by atoms with Crippen LogP contribution in [0.1, 0.15) is 5.56 Å². The molecule has 1 aliphatic heterocycles. The molecule has 0 spiro atoms. The number of benzene rings is 1. The van der Waals surface area contributed by atoms with E-state index in [0.717, 1.165) is 26.7 Å². The number of aromatic amines is 1. The van der Waals surface area contributed by atoms with E-state index in [0.29, 0.717) is 25.6 Å². The molecule has 2 aromatic heterocycles. The quantitative estimate of drug-likeness (QED) is 0.550. The van der Waals surface area contributed by atoms with E-state index >= 15 is 0 Å². The molecule has 1 fully saturated rings. The van der Waals surface area contributed by atoms with Gasteiger partial charge in [0, 0.05) is 25.7 Å². The number of anilines is 1. The second kappa shape index (κ2) is 7.32. The SMILES string of the molecule is CS(=O)(=O)N1CCN(c2ncc3[nH]nc(I)c3n2)[C@H](Cc2ccccc2)C1. The molecule has 3 heterocycles. The second-order valence-electron chi connectivity index (χ2n) is 6.60. The average Bonchev–Trinajstić information content (AvgIpc) is 3.02. The number of halogens is 1. The molecule has 0 aliphatic carbocycles. The van der Waals surface area contributed by atoms with Gasteiger partial charge in [-0.05, 0) is 34.6 Å². The molecule has 0 radical (unpaired) electrons. The Labute approximate surface area is 171 Å². The molecule has 27 heavy (non-hydrogen) atoms. The Morgan fingerprint density at radius 3 is 2.78 bits per heavy atom. The van der Waals surface area contributed by atoms with Crippen molar-refractivity contribution in [1.29, 1.82) is 0 Å². The molecule has 3 aromatic rings. The van der Waals surface area contributed by atoms with E-state index in [1.54, 1.807) is 6.20 Å². The Morgan fingerprint density at radius 2 is 2.04 bits per heavy atom. The summed E-state index contributed by atoms with van der Waals surface area (Å²) in [5, 5.41) is 7.07. The van der Waals surface area contributed by atoms with Crippen LogP contribution in [0, 0.1) is 3.70 Å². The Hall–Kier alpha value is -1.79. The van der Waals surface area contributed by atoms with Crippen molar-refractivity contribution in [2.24, 2.45) is 0 Å². The summed E-state index contributed by atoms with van der Waals surface area (Å²) in [5.41, 5.74) is 2.73. The van der Waals surface area contributed by atoms with Crippen molar-refractivity contribution < 1.29 is 8.42 Å². The maximum atomic E-state index is 12.1. The number of sulfonamides is 1. The first-order valence-corrected chi connectivity index (χ1v) is 11.5. The van der Waals surface area contributed by atoms with E-state index < -0.39 is 10.0 Å². The number of hydrogen-bond donors (Lipinski definition) is 1. The first kappa shape index (κ1) is 18.6. The summed E-state index contributed by atoms with van der Waals surface area (Å²) in [6.07, 6.45) is 3.71. The van der Waals surface area contributed by atoms with Crippen molar-refractivity contribution in [3.8, 4) is 0 Å². The van der Waals surface area contributed by atoms with Gasteiger partial charge in [0.1, 0.15) is 14.7 Å². The number of aromatic nitrogens is 4. The number of nitrogens with one attached hydrogen (secondary N) is 1. The van der Waals surface area contributed by atoms with Gasteiger partial charge in [-0.1, -0.05) is 30.3 Å². The first-order valence-electron chi connectivity index (χ1n) is 8.54. The predicted octanol–water partition coefficient (Wildman–Crippen LogP) is 1.65. The van der Waals surface area contributed by atoms with Crippen LogP contribution in [0.4, 0.5) is 5.95 Å².